The van der Waals surface area contributed by atoms with Crippen molar-refractivity contribution >= 4 is 24.6 Å². The summed E-state index contributed by atoms with van der Waals surface area (Å²) in [7, 11) is -2.90. The molecule has 3 nitrogen and oxygen atoms in total. The summed E-state index contributed by atoms with van der Waals surface area (Å²) >= 11 is 0. The van der Waals surface area contributed by atoms with Crippen LogP contribution in [0, 0.1) is 0 Å². The monoisotopic (exact) mass is 407 g/mol. The molecule has 29 heavy (non-hydrogen) atoms. The van der Waals surface area contributed by atoms with Crippen LogP contribution in [0.2, 0.25) is 5.04 Å². The van der Waals surface area contributed by atoms with Gasteiger partial charge in [0.25, 0.3) is 8.32 Å². The number of carbonyl (C=O) groups is 1. The van der Waals surface area contributed by atoms with E-state index in [1.165, 1.54) is 6.08 Å². The SMILES string of the molecule is CC(C)(CCC/C=C/CC/C=C/C(N)=O)[Si](O)(c1ccccc1)c1ccccc1. The predicted octanol–water partition coefficient (Wildman–Crippen LogP) is 4.07. The Balaban J connectivity index is 2.03. The van der Waals surface area contributed by atoms with Crippen molar-refractivity contribution in [2.45, 2.75) is 51.0 Å². The summed E-state index contributed by atoms with van der Waals surface area (Å²) in [6.07, 6.45) is 12.2. The molecule has 1 amide bonds. The first kappa shape index (κ1) is 22.9. The quantitative estimate of drug-likeness (QED) is 0.255. The summed E-state index contributed by atoms with van der Waals surface area (Å²) in [5.41, 5.74) is 5.07. The number of hydrogen-bond donors (Lipinski definition) is 2. The molecule has 0 fully saturated rings. The van der Waals surface area contributed by atoms with E-state index in [0.717, 1.165) is 42.5 Å². The molecule has 0 radical (unpaired) electrons. The van der Waals surface area contributed by atoms with Gasteiger partial charge < -0.3 is 10.5 Å². The Morgan fingerprint density at radius 2 is 1.38 bits per heavy atom. The molecule has 0 heterocycles. The average Bonchev–Trinajstić information content (AvgIpc) is 2.72. The molecule has 4 heteroatoms. The summed E-state index contributed by atoms with van der Waals surface area (Å²) < 4.78 is 0. The average molecular weight is 408 g/mol. The number of nitrogens with two attached hydrogens (primary N) is 1. The molecular formula is C25H33NO2Si. The van der Waals surface area contributed by atoms with E-state index < -0.39 is 14.2 Å². The van der Waals surface area contributed by atoms with E-state index in [-0.39, 0.29) is 5.04 Å². The van der Waals surface area contributed by atoms with Crippen molar-refractivity contribution < 1.29 is 9.59 Å². The number of rotatable bonds is 11. The number of unbranched alkanes of at least 4 members (excludes halogenated alkanes) is 2. The molecule has 0 spiro atoms. The molecule has 0 saturated carbocycles. The molecule has 0 saturated heterocycles. The molecule has 3 N–H and O–H groups in total. The fraction of sp³-hybridized carbons (Fsp3) is 0.320. The van der Waals surface area contributed by atoms with Crippen molar-refractivity contribution in [3.05, 3.63) is 85.0 Å². The summed E-state index contributed by atoms with van der Waals surface area (Å²) in [4.78, 5) is 22.8. The normalized spacial score (nSPS) is 12.7. The molecule has 0 aliphatic carbocycles. The third-order valence-corrected chi connectivity index (χ3v) is 10.0. The van der Waals surface area contributed by atoms with Gasteiger partial charge in [-0.3, -0.25) is 4.79 Å². The smallest absolute Gasteiger partial charge is 0.258 e. The predicted molar refractivity (Wildman–Crippen MR) is 125 cm³/mol. The van der Waals surface area contributed by atoms with Gasteiger partial charge in [0.15, 0.2) is 0 Å². The van der Waals surface area contributed by atoms with Crippen molar-refractivity contribution in [2.75, 3.05) is 0 Å². The standard InChI is InChI=1S/C25H33NO2Si/c1-25(2,21-15-7-5-3-4-6-14-20-24(26)27)29(28,22-16-10-8-11-17-22)23-18-12-9-13-19-23/h3,5,8-14,16-20,28H,4,6-7,15,21H2,1-2H3,(H2,26,27)/b5-3+,20-14+. The summed E-state index contributed by atoms with van der Waals surface area (Å²) in [5, 5.41) is 1.93. The van der Waals surface area contributed by atoms with Gasteiger partial charge in [-0.05, 0) is 53.6 Å². The van der Waals surface area contributed by atoms with Crippen LogP contribution in [-0.4, -0.2) is 19.0 Å². The van der Waals surface area contributed by atoms with Crippen molar-refractivity contribution in [1.29, 1.82) is 0 Å². The second-order valence-electron chi connectivity index (χ2n) is 8.07. The Labute approximate surface area is 176 Å². The van der Waals surface area contributed by atoms with E-state index in [1.54, 1.807) is 6.08 Å². The maximum atomic E-state index is 12.1. The van der Waals surface area contributed by atoms with Crippen LogP contribution in [0.1, 0.15) is 46.0 Å². The minimum Gasteiger partial charge on any atom is -0.424 e. The first-order valence-electron chi connectivity index (χ1n) is 10.3. The summed E-state index contributed by atoms with van der Waals surface area (Å²) in [5.74, 6) is -0.398. The third kappa shape index (κ3) is 6.28. The zero-order valence-electron chi connectivity index (χ0n) is 17.6. The van der Waals surface area contributed by atoms with Crippen LogP contribution in [0.3, 0.4) is 0 Å². The summed E-state index contributed by atoms with van der Waals surface area (Å²) in [6.45, 7) is 4.41. The number of carbonyl (C=O) groups excluding carboxylic acids is 1. The van der Waals surface area contributed by atoms with Crippen LogP contribution in [-0.2, 0) is 4.79 Å². The van der Waals surface area contributed by atoms with Crippen LogP contribution >= 0.6 is 0 Å². The minimum atomic E-state index is -2.90. The van der Waals surface area contributed by atoms with E-state index in [4.69, 9.17) is 5.73 Å². The number of hydrogen-bond acceptors (Lipinski definition) is 2. The highest BCUT2D eigenvalue weighted by Crippen LogP contribution is 2.40. The lowest BCUT2D eigenvalue weighted by atomic mass is 10.0. The van der Waals surface area contributed by atoms with Crippen molar-refractivity contribution in [1.82, 2.24) is 0 Å². The molecule has 0 atom stereocenters. The van der Waals surface area contributed by atoms with E-state index >= 15 is 0 Å². The molecule has 0 aliphatic heterocycles. The number of allylic oxidation sites excluding steroid dienone is 3. The highest BCUT2D eigenvalue weighted by Gasteiger charge is 2.49. The zero-order valence-corrected chi connectivity index (χ0v) is 18.6. The molecular weight excluding hydrogens is 374 g/mol. The second-order valence-corrected chi connectivity index (χ2v) is 12.0. The van der Waals surface area contributed by atoms with Crippen molar-refractivity contribution in [3.8, 4) is 0 Å². The van der Waals surface area contributed by atoms with Crippen LogP contribution in [0.4, 0.5) is 0 Å². The van der Waals surface area contributed by atoms with Gasteiger partial charge in [-0.15, -0.1) is 0 Å². The molecule has 0 bridgehead atoms. The van der Waals surface area contributed by atoms with Gasteiger partial charge in [-0.1, -0.05) is 92.7 Å². The van der Waals surface area contributed by atoms with Crippen LogP contribution in [0.25, 0.3) is 0 Å². The molecule has 2 aromatic carbocycles. The minimum absolute atomic E-state index is 0.201. The summed E-state index contributed by atoms with van der Waals surface area (Å²) in [6, 6.07) is 20.3. The third-order valence-electron chi connectivity index (χ3n) is 5.48. The highest BCUT2D eigenvalue weighted by atomic mass is 28.4. The molecule has 2 aromatic rings. The molecule has 0 aromatic heterocycles. The lowest BCUT2D eigenvalue weighted by Crippen LogP contribution is -2.65. The van der Waals surface area contributed by atoms with E-state index in [2.05, 4.69) is 50.3 Å². The van der Waals surface area contributed by atoms with Gasteiger partial charge in [-0.25, -0.2) is 0 Å². The Morgan fingerprint density at radius 3 is 1.90 bits per heavy atom. The molecule has 154 valence electrons. The number of primary amides is 1. The van der Waals surface area contributed by atoms with E-state index in [0.29, 0.717) is 0 Å². The van der Waals surface area contributed by atoms with Crippen molar-refractivity contribution in [3.63, 3.8) is 0 Å². The maximum absolute atomic E-state index is 12.1. The van der Waals surface area contributed by atoms with Crippen LogP contribution in [0.5, 0.6) is 0 Å². The second kappa shape index (κ2) is 10.9. The maximum Gasteiger partial charge on any atom is 0.258 e. The van der Waals surface area contributed by atoms with Gasteiger partial charge in [-0.2, -0.15) is 0 Å². The van der Waals surface area contributed by atoms with Gasteiger partial charge >= 0.3 is 0 Å². The lowest BCUT2D eigenvalue weighted by molar-refractivity contribution is -0.113. The van der Waals surface area contributed by atoms with Gasteiger partial charge in [0.2, 0.25) is 5.91 Å². The number of benzene rings is 2. The fourth-order valence-corrected chi connectivity index (χ4v) is 7.56. The van der Waals surface area contributed by atoms with E-state index in [1.807, 2.05) is 36.4 Å². The first-order valence-corrected chi connectivity index (χ1v) is 12.3. The Hall–Kier alpha value is -2.43. The topological polar surface area (TPSA) is 63.3 Å². The van der Waals surface area contributed by atoms with Crippen LogP contribution < -0.4 is 16.1 Å². The number of amides is 1. The molecule has 0 aliphatic rings. The largest absolute Gasteiger partial charge is 0.424 e. The zero-order chi connectivity index (χ0) is 21.2. The van der Waals surface area contributed by atoms with Crippen molar-refractivity contribution in [2.24, 2.45) is 5.73 Å². The van der Waals surface area contributed by atoms with Gasteiger partial charge in [0.1, 0.15) is 0 Å². The Morgan fingerprint density at radius 1 is 0.897 bits per heavy atom. The van der Waals surface area contributed by atoms with Crippen LogP contribution in [0.15, 0.2) is 85.0 Å². The molecule has 2 rings (SSSR count). The first-order chi connectivity index (χ1) is 13.9. The van der Waals surface area contributed by atoms with Gasteiger partial charge in [0.05, 0.1) is 0 Å². The lowest BCUT2D eigenvalue weighted by Gasteiger charge is -2.41. The fourth-order valence-electron chi connectivity index (χ4n) is 3.78. The Kier molecular flexibility index (Phi) is 8.62. The molecule has 0 unspecified atom stereocenters. The van der Waals surface area contributed by atoms with E-state index in [9.17, 15) is 9.59 Å². The van der Waals surface area contributed by atoms with Gasteiger partial charge in [0, 0.05) is 0 Å². The Bertz CT molecular complexity index is 774. The highest BCUT2D eigenvalue weighted by molar-refractivity contribution is 6.98.